The number of carbonyl (C=O) groups excluding carboxylic acids is 1. The third-order valence-corrected chi connectivity index (χ3v) is 2.73. The lowest BCUT2D eigenvalue weighted by Crippen LogP contribution is -2.29. The predicted octanol–water partition coefficient (Wildman–Crippen LogP) is 2.14. The van der Waals surface area contributed by atoms with Crippen LogP contribution < -0.4 is 10.6 Å². The molecule has 1 fully saturated rings. The zero-order valence-corrected chi connectivity index (χ0v) is 9.88. The fourth-order valence-corrected chi connectivity index (χ4v) is 1.70. The number of carbonyl (C=O) groups is 1. The van der Waals surface area contributed by atoms with Crippen molar-refractivity contribution < 1.29 is 4.79 Å². The Labute approximate surface area is 97.4 Å². The van der Waals surface area contributed by atoms with Crippen LogP contribution in [-0.2, 0) is 4.79 Å². The fourth-order valence-electron chi connectivity index (χ4n) is 1.30. The molecular formula is C11H13BrN2O. The first-order chi connectivity index (χ1) is 7.24. The number of halogens is 1. The molecule has 0 spiro atoms. The molecule has 0 atom stereocenters. The number of hydrogen-bond donors (Lipinski definition) is 2. The van der Waals surface area contributed by atoms with Gasteiger partial charge in [0, 0.05) is 16.2 Å². The Bertz CT molecular complexity index is 363. The number of rotatable bonds is 4. The van der Waals surface area contributed by atoms with Gasteiger partial charge in [0.05, 0.1) is 6.54 Å². The Hall–Kier alpha value is -0.870. The molecule has 0 heterocycles. The molecule has 1 aliphatic rings. The van der Waals surface area contributed by atoms with E-state index in [2.05, 4.69) is 26.6 Å². The monoisotopic (exact) mass is 268 g/mol. The summed E-state index contributed by atoms with van der Waals surface area (Å²) in [5.41, 5.74) is 0.826. The zero-order valence-electron chi connectivity index (χ0n) is 8.29. The van der Waals surface area contributed by atoms with E-state index in [0.717, 1.165) is 10.2 Å². The smallest absolute Gasteiger partial charge is 0.238 e. The highest BCUT2D eigenvalue weighted by Crippen LogP contribution is 2.18. The molecule has 0 aliphatic heterocycles. The van der Waals surface area contributed by atoms with E-state index in [4.69, 9.17) is 0 Å². The van der Waals surface area contributed by atoms with Crippen molar-refractivity contribution >= 4 is 27.5 Å². The van der Waals surface area contributed by atoms with Crippen LogP contribution >= 0.6 is 15.9 Å². The molecular weight excluding hydrogens is 256 g/mol. The van der Waals surface area contributed by atoms with Crippen molar-refractivity contribution in [1.82, 2.24) is 5.32 Å². The highest BCUT2D eigenvalue weighted by molar-refractivity contribution is 9.10. The normalized spacial score (nSPS) is 15.0. The van der Waals surface area contributed by atoms with Gasteiger partial charge >= 0.3 is 0 Å². The van der Waals surface area contributed by atoms with Gasteiger partial charge in [-0.15, -0.1) is 0 Å². The molecule has 1 amide bonds. The average molecular weight is 269 g/mol. The van der Waals surface area contributed by atoms with Crippen LogP contribution in [0, 0.1) is 0 Å². The van der Waals surface area contributed by atoms with Crippen LogP contribution in [0.2, 0.25) is 0 Å². The van der Waals surface area contributed by atoms with Crippen molar-refractivity contribution in [3.63, 3.8) is 0 Å². The lowest BCUT2D eigenvalue weighted by atomic mass is 10.3. The average Bonchev–Trinajstić information content (AvgIpc) is 2.98. The summed E-state index contributed by atoms with van der Waals surface area (Å²) in [6.07, 6.45) is 2.40. The number of benzene rings is 1. The Morgan fingerprint density at radius 1 is 1.47 bits per heavy atom. The van der Waals surface area contributed by atoms with Gasteiger partial charge in [0.1, 0.15) is 0 Å². The zero-order chi connectivity index (χ0) is 10.7. The Kier molecular flexibility index (Phi) is 3.38. The van der Waals surface area contributed by atoms with Crippen molar-refractivity contribution in [2.24, 2.45) is 0 Å². The van der Waals surface area contributed by atoms with E-state index in [-0.39, 0.29) is 5.91 Å². The van der Waals surface area contributed by atoms with E-state index in [1.54, 1.807) is 0 Å². The quantitative estimate of drug-likeness (QED) is 0.879. The van der Waals surface area contributed by atoms with Crippen molar-refractivity contribution in [3.05, 3.63) is 28.7 Å². The third-order valence-electron chi connectivity index (χ3n) is 2.24. The highest BCUT2D eigenvalue weighted by atomic mass is 79.9. The molecule has 2 N–H and O–H groups in total. The van der Waals surface area contributed by atoms with E-state index in [1.807, 2.05) is 24.3 Å². The van der Waals surface area contributed by atoms with Gasteiger partial charge in [0.15, 0.2) is 0 Å². The third kappa shape index (κ3) is 3.64. The summed E-state index contributed by atoms with van der Waals surface area (Å²) in [5, 5.41) is 6.00. The van der Waals surface area contributed by atoms with Crippen LogP contribution in [0.25, 0.3) is 0 Å². The van der Waals surface area contributed by atoms with Crippen LogP contribution in [0.15, 0.2) is 28.7 Å². The molecule has 4 heteroatoms. The summed E-state index contributed by atoms with van der Waals surface area (Å²) in [6, 6.07) is 8.15. The van der Waals surface area contributed by atoms with Gasteiger partial charge in [-0.3, -0.25) is 4.79 Å². The van der Waals surface area contributed by atoms with Crippen LogP contribution in [0.5, 0.6) is 0 Å². The molecule has 1 aliphatic carbocycles. The van der Waals surface area contributed by atoms with E-state index >= 15 is 0 Å². The fraction of sp³-hybridized carbons (Fsp3) is 0.364. The second kappa shape index (κ2) is 4.77. The first-order valence-corrected chi connectivity index (χ1v) is 5.82. The summed E-state index contributed by atoms with van der Waals surface area (Å²) in [4.78, 5) is 11.5. The van der Waals surface area contributed by atoms with Gasteiger partial charge in [-0.05, 0) is 31.0 Å². The second-order valence-electron chi connectivity index (χ2n) is 3.71. The van der Waals surface area contributed by atoms with Crippen molar-refractivity contribution in [3.8, 4) is 0 Å². The molecule has 1 aromatic rings. The SMILES string of the molecule is O=C(CNC1CC1)Nc1cccc(Br)c1. The minimum atomic E-state index is 0.0139. The number of nitrogens with one attached hydrogen (secondary N) is 2. The molecule has 1 aromatic carbocycles. The van der Waals surface area contributed by atoms with Gasteiger partial charge < -0.3 is 10.6 Å². The molecule has 3 nitrogen and oxygen atoms in total. The number of amides is 1. The number of hydrogen-bond acceptors (Lipinski definition) is 2. The van der Waals surface area contributed by atoms with E-state index in [0.29, 0.717) is 12.6 Å². The molecule has 0 unspecified atom stereocenters. The van der Waals surface area contributed by atoms with Gasteiger partial charge in [-0.2, -0.15) is 0 Å². The maximum atomic E-state index is 11.5. The van der Waals surface area contributed by atoms with E-state index < -0.39 is 0 Å². The minimum Gasteiger partial charge on any atom is -0.325 e. The van der Waals surface area contributed by atoms with E-state index in [9.17, 15) is 4.79 Å². The summed E-state index contributed by atoms with van der Waals surface area (Å²) in [7, 11) is 0. The van der Waals surface area contributed by atoms with E-state index in [1.165, 1.54) is 12.8 Å². The minimum absolute atomic E-state index is 0.0139. The van der Waals surface area contributed by atoms with Crippen molar-refractivity contribution in [1.29, 1.82) is 0 Å². The van der Waals surface area contributed by atoms with Crippen LogP contribution in [0.3, 0.4) is 0 Å². The molecule has 80 valence electrons. The molecule has 2 rings (SSSR count). The lowest BCUT2D eigenvalue weighted by molar-refractivity contribution is -0.115. The van der Waals surface area contributed by atoms with Crippen LogP contribution in [0.1, 0.15) is 12.8 Å². The molecule has 15 heavy (non-hydrogen) atoms. The number of anilines is 1. The molecule has 0 radical (unpaired) electrons. The van der Waals surface area contributed by atoms with Crippen LogP contribution in [-0.4, -0.2) is 18.5 Å². The molecule has 0 saturated heterocycles. The molecule has 0 bridgehead atoms. The van der Waals surface area contributed by atoms with Gasteiger partial charge in [0.25, 0.3) is 0 Å². The lowest BCUT2D eigenvalue weighted by Gasteiger charge is -2.05. The maximum absolute atomic E-state index is 11.5. The Morgan fingerprint density at radius 3 is 2.93 bits per heavy atom. The first-order valence-electron chi connectivity index (χ1n) is 5.03. The summed E-state index contributed by atoms with van der Waals surface area (Å²) >= 11 is 3.36. The topological polar surface area (TPSA) is 41.1 Å². The second-order valence-corrected chi connectivity index (χ2v) is 4.63. The summed E-state index contributed by atoms with van der Waals surface area (Å²) in [6.45, 7) is 0.400. The van der Waals surface area contributed by atoms with Crippen molar-refractivity contribution in [2.45, 2.75) is 18.9 Å². The van der Waals surface area contributed by atoms with Gasteiger partial charge in [0.2, 0.25) is 5.91 Å². The van der Waals surface area contributed by atoms with Gasteiger partial charge in [-0.1, -0.05) is 22.0 Å². The molecule has 1 saturated carbocycles. The van der Waals surface area contributed by atoms with Crippen molar-refractivity contribution in [2.75, 3.05) is 11.9 Å². The largest absolute Gasteiger partial charge is 0.325 e. The first kappa shape index (κ1) is 10.6. The molecule has 0 aromatic heterocycles. The summed E-state index contributed by atoms with van der Waals surface area (Å²) in [5.74, 6) is 0.0139. The Balaban J connectivity index is 1.81. The van der Waals surface area contributed by atoms with Gasteiger partial charge in [-0.25, -0.2) is 0 Å². The predicted molar refractivity (Wildman–Crippen MR) is 63.8 cm³/mol. The van der Waals surface area contributed by atoms with Crippen LogP contribution in [0.4, 0.5) is 5.69 Å². The summed E-state index contributed by atoms with van der Waals surface area (Å²) < 4.78 is 0.968. The standard InChI is InChI=1S/C11H13BrN2O/c12-8-2-1-3-10(6-8)14-11(15)7-13-9-4-5-9/h1-3,6,9,13H,4-5,7H2,(H,14,15). The Morgan fingerprint density at radius 2 is 2.27 bits per heavy atom. The maximum Gasteiger partial charge on any atom is 0.238 e. The highest BCUT2D eigenvalue weighted by Gasteiger charge is 2.20.